The minimum atomic E-state index is 0. The van der Waals surface area contributed by atoms with E-state index in [0.717, 1.165) is 71.2 Å². The lowest BCUT2D eigenvalue weighted by Gasteiger charge is -2.37. The van der Waals surface area contributed by atoms with Gasteiger partial charge in [-0.25, -0.2) is 0 Å². The Bertz CT molecular complexity index is 788. The predicted octanol–water partition coefficient (Wildman–Crippen LogP) is 3.49. The molecule has 0 saturated carbocycles. The highest BCUT2D eigenvalue weighted by molar-refractivity contribution is 14.0. The highest BCUT2D eigenvalue weighted by atomic mass is 127. The number of rotatable bonds is 6. The van der Waals surface area contributed by atoms with Crippen LogP contribution in [0, 0.1) is 0 Å². The van der Waals surface area contributed by atoms with Crippen molar-refractivity contribution in [3.05, 3.63) is 36.5 Å². The van der Waals surface area contributed by atoms with Crippen molar-refractivity contribution in [3.8, 4) is 0 Å². The minimum absolute atomic E-state index is 0. The number of hydrogen-bond acceptors (Lipinski definition) is 3. The van der Waals surface area contributed by atoms with Gasteiger partial charge >= 0.3 is 0 Å². The first-order valence-electron chi connectivity index (χ1n) is 10.7. The standard InChI is InChI=1S/C22H32N4O2.HI/c1-2-23-22(26-14-16-28-21(17-26)20-9-5-15-27-20)24-11-6-12-25-13-10-18-7-3-4-8-19(18)25;/h3-4,7-8,10,13,20-21H,2,5-6,9,11-12,14-17H2,1H3,(H,23,24);1H. The Balaban J connectivity index is 0.00000240. The van der Waals surface area contributed by atoms with E-state index in [9.17, 15) is 0 Å². The van der Waals surface area contributed by atoms with Gasteiger partial charge in [-0.3, -0.25) is 4.99 Å². The molecule has 3 heterocycles. The SMILES string of the molecule is CCNC(=NCCCn1ccc2ccccc21)N1CCOC(C2CCCO2)C1.I. The van der Waals surface area contributed by atoms with Crippen LogP contribution in [0.3, 0.4) is 0 Å². The molecule has 0 radical (unpaired) electrons. The average Bonchev–Trinajstić information content (AvgIpc) is 3.41. The molecule has 1 aromatic heterocycles. The zero-order valence-electron chi connectivity index (χ0n) is 17.3. The van der Waals surface area contributed by atoms with Crippen molar-refractivity contribution in [1.29, 1.82) is 0 Å². The second-order valence-corrected chi connectivity index (χ2v) is 7.56. The lowest BCUT2D eigenvalue weighted by molar-refractivity contribution is -0.0817. The van der Waals surface area contributed by atoms with E-state index in [4.69, 9.17) is 14.5 Å². The molecule has 0 aliphatic carbocycles. The molecule has 6 nitrogen and oxygen atoms in total. The summed E-state index contributed by atoms with van der Waals surface area (Å²) in [6.45, 7) is 8.16. The maximum Gasteiger partial charge on any atom is 0.194 e. The van der Waals surface area contributed by atoms with Gasteiger partial charge in [0.1, 0.15) is 6.10 Å². The second-order valence-electron chi connectivity index (χ2n) is 7.56. The van der Waals surface area contributed by atoms with Crippen molar-refractivity contribution in [2.45, 2.75) is 44.9 Å². The van der Waals surface area contributed by atoms with Crippen LogP contribution in [0.2, 0.25) is 0 Å². The molecule has 2 saturated heterocycles. The summed E-state index contributed by atoms with van der Waals surface area (Å²) in [6, 6.07) is 10.7. The number of nitrogens with zero attached hydrogens (tertiary/aromatic N) is 3. The van der Waals surface area contributed by atoms with E-state index in [-0.39, 0.29) is 36.2 Å². The number of halogens is 1. The molecule has 2 aliphatic rings. The number of benzene rings is 1. The number of morpholine rings is 1. The molecule has 1 aromatic carbocycles. The van der Waals surface area contributed by atoms with Crippen LogP contribution in [0.5, 0.6) is 0 Å². The molecule has 4 rings (SSSR count). The van der Waals surface area contributed by atoms with Gasteiger partial charge in [-0.2, -0.15) is 0 Å². The molecular weight excluding hydrogens is 479 g/mol. The second kappa shape index (κ2) is 11.2. The smallest absolute Gasteiger partial charge is 0.194 e. The van der Waals surface area contributed by atoms with Gasteiger partial charge in [0, 0.05) is 51.0 Å². The number of aliphatic imine (C=N–C) groups is 1. The van der Waals surface area contributed by atoms with Crippen LogP contribution in [0.25, 0.3) is 10.9 Å². The van der Waals surface area contributed by atoms with Crippen molar-refractivity contribution in [2.75, 3.05) is 39.4 Å². The first-order chi connectivity index (χ1) is 13.8. The Kier molecular flexibility index (Phi) is 8.62. The van der Waals surface area contributed by atoms with Crippen molar-refractivity contribution in [2.24, 2.45) is 4.99 Å². The molecular formula is C22H33IN4O2. The van der Waals surface area contributed by atoms with E-state index in [2.05, 4.69) is 58.2 Å². The van der Waals surface area contributed by atoms with Crippen LogP contribution in [0.4, 0.5) is 0 Å². The number of aryl methyl sites for hydroxylation is 1. The molecule has 0 spiro atoms. The number of para-hydroxylation sites is 1. The third-order valence-corrected chi connectivity index (χ3v) is 5.61. The third kappa shape index (κ3) is 5.64. The van der Waals surface area contributed by atoms with E-state index in [1.807, 2.05) is 0 Å². The van der Waals surface area contributed by atoms with E-state index in [1.54, 1.807) is 0 Å². The van der Waals surface area contributed by atoms with Gasteiger partial charge in [-0.1, -0.05) is 18.2 Å². The van der Waals surface area contributed by atoms with Gasteiger partial charge in [0.05, 0.1) is 12.7 Å². The Morgan fingerprint density at radius 3 is 2.86 bits per heavy atom. The lowest BCUT2D eigenvalue weighted by atomic mass is 10.1. The summed E-state index contributed by atoms with van der Waals surface area (Å²) in [5.74, 6) is 1.01. The van der Waals surface area contributed by atoms with Crippen molar-refractivity contribution >= 4 is 40.8 Å². The molecule has 160 valence electrons. The topological polar surface area (TPSA) is 51.0 Å². The summed E-state index contributed by atoms with van der Waals surface area (Å²) in [5.41, 5.74) is 1.30. The van der Waals surface area contributed by atoms with Crippen LogP contribution in [0.1, 0.15) is 26.2 Å². The molecule has 7 heteroatoms. The van der Waals surface area contributed by atoms with Gasteiger partial charge in [-0.15, -0.1) is 24.0 Å². The lowest BCUT2D eigenvalue weighted by Crippen LogP contribution is -2.53. The zero-order valence-corrected chi connectivity index (χ0v) is 19.6. The van der Waals surface area contributed by atoms with Gasteiger partial charge in [0.25, 0.3) is 0 Å². The summed E-state index contributed by atoms with van der Waals surface area (Å²) in [4.78, 5) is 7.24. The molecule has 0 bridgehead atoms. The van der Waals surface area contributed by atoms with Gasteiger partial charge < -0.3 is 24.3 Å². The molecule has 2 atom stereocenters. The number of aromatic nitrogens is 1. The molecule has 2 aromatic rings. The van der Waals surface area contributed by atoms with E-state index in [0.29, 0.717) is 0 Å². The van der Waals surface area contributed by atoms with Crippen molar-refractivity contribution in [3.63, 3.8) is 0 Å². The molecule has 2 unspecified atom stereocenters. The van der Waals surface area contributed by atoms with Crippen molar-refractivity contribution in [1.82, 2.24) is 14.8 Å². The molecule has 0 amide bonds. The van der Waals surface area contributed by atoms with Crippen LogP contribution < -0.4 is 5.32 Å². The fraction of sp³-hybridized carbons (Fsp3) is 0.591. The molecule has 1 N–H and O–H groups in total. The predicted molar refractivity (Wildman–Crippen MR) is 128 cm³/mol. The monoisotopic (exact) mass is 512 g/mol. The fourth-order valence-electron chi connectivity index (χ4n) is 4.18. The summed E-state index contributed by atoms with van der Waals surface area (Å²) in [6.07, 6.45) is 5.85. The molecule has 2 aliphatic heterocycles. The largest absolute Gasteiger partial charge is 0.375 e. The Morgan fingerprint density at radius 2 is 2.03 bits per heavy atom. The van der Waals surface area contributed by atoms with Gasteiger partial charge in [-0.05, 0) is 43.7 Å². The average molecular weight is 512 g/mol. The first kappa shape index (κ1) is 22.4. The minimum Gasteiger partial charge on any atom is -0.375 e. The van der Waals surface area contributed by atoms with Crippen LogP contribution in [-0.4, -0.2) is 67.0 Å². The number of hydrogen-bond donors (Lipinski definition) is 1. The molecule has 2 fully saturated rings. The summed E-state index contributed by atoms with van der Waals surface area (Å²) in [7, 11) is 0. The summed E-state index contributed by atoms with van der Waals surface area (Å²) >= 11 is 0. The quantitative estimate of drug-likeness (QED) is 0.279. The first-order valence-corrected chi connectivity index (χ1v) is 10.7. The summed E-state index contributed by atoms with van der Waals surface area (Å²) in [5, 5.41) is 4.76. The number of guanidine groups is 1. The highest BCUT2D eigenvalue weighted by Crippen LogP contribution is 2.21. The molecule has 29 heavy (non-hydrogen) atoms. The van der Waals surface area contributed by atoms with Crippen molar-refractivity contribution < 1.29 is 9.47 Å². The Hall–Kier alpha value is -1.32. The fourth-order valence-corrected chi connectivity index (χ4v) is 4.18. The Labute approximate surface area is 190 Å². The summed E-state index contributed by atoms with van der Waals surface area (Å²) < 4.78 is 14.1. The number of fused-ring (bicyclic) bond motifs is 1. The van der Waals surface area contributed by atoms with Crippen LogP contribution >= 0.6 is 24.0 Å². The Morgan fingerprint density at radius 1 is 1.17 bits per heavy atom. The maximum absolute atomic E-state index is 5.98. The van der Waals surface area contributed by atoms with Crippen LogP contribution in [0.15, 0.2) is 41.5 Å². The van der Waals surface area contributed by atoms with E-state index in [1.165, 1.54) is 10.9 Å². The van der Waals surface area contributed by atoms with E-state index < -0.39 is 0 Å². The zero-order chi connectivity index (χ0) is 19.2. The third-order valence-electron chi connectivity index (χ3n) is 5.61. The van der Waals surface area contributed by atoms with Gasteiger partial charge in [0.2, 0.25) is 0 Å². The maximum atomic E-state index is 5.98. The highest BCUT2D eigenvalue weighted by Gasteiger charge is 2.32. The van der Waals surface area contributed by atoms with Gasteiger partial charge in [0.15, 0.2) is 5.96 Å². The van der Waals surface area contributed by atoms with Crippen LogP contribution in [-0.2, 0) is 16.0 Å². The van der Waals surface area contributed by atoms with E-state index >= 15 is 0 Å². The number of ether oxygens (including phenoxy) is 2. The number of nitrogens with one attached hydrogen (secondary N) is 1. The normalized spacial score (nSPS) is 22.7.